The number of hydrogen-bond donors (Lipinski definition) is 1. The average molecular weight is 350 g/mol. The molecule has 2 aromatic rings. The standard InChI is InChI=1S/C19H21F3N2O/c1-2-12-23-17-11-7-6-10-16(17)18(25)24(14-19(20,21)22)13-15-8-4-3-5-9-15/h3-11,23H,2,12-14H2,1H3. The quantitative estimate of drug-likeness (QED) is 0.784. The molecule has 0 aliphatic carbocycles. The Bertz CT molecular complexity index is 687. The SMILES string of the molecule is CCCNc1ccccc1C(=O)N(Cc1ccccc1)CC(F)(F)F. The monoisotopic (exact) mass is 350 g/mol. The molecule has 0 aliphatic heterocycles. The van der Waals surface area contributed by atoms with E-state index in [1.807, 2.05) is 6.92 Å². The van der Waals surface area contributed by atoms with Crippen LogP contribution in [-0.2, 0) is 6.54 Å². The summed E-state index contributed by atoms with van der Waals surface area (Å²) in [6, 6.07) is 15.3. The number of nitrogens with zero attached hydrogens (tertiary/aromatic N) is 1. The van der Waals surface area contributed by atoms with E-state index in [-0.39, 0.29) is 12.1 Å². The second-order valence-corrected chi connectivity index (χ2v) is 5.73. The molecule has 6 heteroatoms. The van der Waals surface area contributed by atoms with Crippen LogP contribution < -0.4 is 5.32 Å². The Morgan fingerprint density at radius 3 is 2.32 bits per heavy atom. The maximum absolute atomic E-state index is 13.0. The van der Waals surface area contributed by atoms with E-state index in [0.29, 0.717) is 17.8 Å². The lowest BCUT2D eigenvalue weighted by Gasteiger charge is -2.25. The number of hydrogen-bond acceptors (Lipinski definition) is 2. The number of alkyl halides is 3. The summed E-state index contributed by atoms with van der Waals surface area (Å²) < 4.78 is 38.9. The van der Waals surface area contributed by atoms with E-state index in [1.54, 1.807) is 54.6 Å². The summed E-state index contributed by atoms with van der Waals surface area (Å²) in [7, 11) is 0. The molecular weight excluding hydrogens is 329 g/mol. The number of nitrogens with one attached hydrogen (secondary N) is 1. The zero-order valence-electron chi connectivity index (χ0n) is 14.0. The highest BCUT2D eigenvalue weighted by Crippen LogP contribution is 2.23. The Morgan fingerprint density at radius 1 is 1.04 bits per heavy atom. The first-order valence-corrected chi connectivity index (χ1v) is 8.13. The van der Waals surface area contributed by atoms with Crippen molar-refractivity contribution >= 4 is 11.6 Å². The highest BCUT2D eigenvalue weighted by Gasteiger charge is 2.34. The highest BCUT2D eigenvalue weighted by atomic mass is 19.4. The molecule has 0 aromatic heterocycles. The molecule has 0 saturated heterocycles. The normalized spacial score (nSPS) is 11.2. The summed E-state index contributed by atoms with van der Waals surface area (Å²) in [6.45, 7) is 1.23. The van der Waals surface area contributed by atoms with Crippen LogP contribution in [0.15, 0.2) is 54.6 Å². The molecule has 0 fully saturated rings. The van der Waals surface area contributed by atoms with Crippen molar-refractivity contribution in [2.24, 2.45) is 0 Å². The van der Waals surface area contributed by atoms with Gasteiger partial charge in [-0.15, -0.1) is 0 Å². The highest BCUT2D eigenvalue weighted by molar-refractivity contribution is 5.99. The summed E-state index contributed by atoms with van der Waals surface area (Å²) >= 11 is 0. The maximum Gasteiger partial charge on any atom is 0.406 e. The number of carbonyl (C=O) groups excluding carboxylic acids is 1. The van der Waals surface area contributed by atoms with Gasteiger partial charge in [-0.25, -0.2) is 0 Å². The Kier molecular flexibility index (Phi) is 6.44. The molecule has 0 atom stereocenters. The predicted octanol–water partition coefficient (Wildman–Crippen LogP) is 4.71. The first-order valence-electron chi connectivity index (χ1n) is 8.13. The van der Waals surface area contributed by atoms with Crippen molar-refractivity contribution in [3.8, 4) is 0 Å². The van der Waals surface area contributed by atoms with Gasteiger partial charge in [-0.1, -0.05) is 49.4 Å². The fourth-order valence-corrected chi connectivity index (χ4v) is 2.47. The summed E-state index contributed by atoms with van der Waals surface area (Å²) in [6.07, 6.45) is -3.62. The van der Waals surface area contributed by atoms with Crippen LogP contribution in [-0.4, -0.2) is 30.1 Å². The third kappa shape index (κ3) is 5.81. The van der Waals surface area contributed by atoms with Gasteiger partial charge in [-0.05, 0) is 24.1 Å². The van der Waals surface area contributed by atoms with Crippen LogP contribution in [0.2, 0.25) is 0 Å². The molecule has 0 aliphatic rings. The lowest BCUT2D eigenvalue weighted by atomic mass is 10.1. The minimum Gasteiger partial charge on any atom is -0.384 e. The fourth-order valence-electron chi connectivity index (χ4n) is 2.47. The van der Waals surface area contributed by atoms with Crippen LogP contribution in [0.5, 0.6) is 0 Å². The van der Waals surface area contributed by atoms with Crippen LogP contribution in [0.3, 0.4) is 0 Å². The molecule has 25 heavy (non-hydrogen) atoms. The Hall–Kier alpha value is -2.50. The summed E-state index contributed by atoms with van der Waals surface area (Å²) in [5.41, 5.74) is 1.45. The number of halogens is 3. The molecule has 0 radical (unpaired) electrons. The Balaban J connectivity index is 2.28. The third-order valence-electron chi connectivity index (χ3n) is 3.60. The first-order chi connectivity index (χ1) is 11.9. The molecule has 134 valence electrons. The lowest BCUT2D eigenvalue weighted by Crippen LogP contribution is -2.38. The molecule has 3 nitrogen and oxygen atoms in total. The van der Waals surface area contributed by atoms with E-state index >= 15 is 0 Å². The van der Waals surface area contributed by atoms with E-state index in [2.05, 4.69) is 5.32 Å². The number of amides is 1. The van der Waals surface area contributed by atoms with E-state index in [9.17, 15) is 18.0 Å². The van der Waals surface area contributed by atoms with Gasteiger partial charge in [-0.2, -0.15) is 13.2 Å². The van der Waals surface area contributed by atoms with Gasteiger partial charge in [0.05, 0.1) is 5.56 Å². The number of para-hydroxylation sites is 1. The zero-order chi connectivity index (χ0) is 18.3. The van der Waals surface area contributed by atoms with Gasteiger partial charge in [0.2, 0.25) is 0 Å². The molecule has 0 unspecified atom stereocenters. The molecule has 2 aromatic carbocycles. The number of rotatable bonds is 7. The van der Waals surface area contributed by atoms with Gasteiger partial charge in [0.15, 0.2) is 0 Å². The van der Waals surface area contributed by atoms with E-state index < -0.39 is 18.6 Å². The van der Waals surface area contributed by atoms with Crippen molar-refractivity contribution in [2.75, 3.05) is 18.4 Å². The smallest absolute Gasteiger partial charge is 0.384 e. The number of anilines is 1. The average Bonchev–Trinajstić information content (AvgIpc) is 2.59. The molecule has 0 heterocycles. The Labute approximate surface area is 145 Å². The van der Waals surface area contributed by atoms with Gasteiger partial charge in [0.25, 0.3) is 5.91 Å². The molecule has 2 rings (SSSR count). The molecule has 1 N–H and O–H groups in total. The number of carbonyl (C=O) groups is 1. The van der Waals surface area contributed by atoms with Crippen molar-refractivity contribution in [3.63, 3.8) is 0 Å². The Morgan fingerprint density at radius 2 is 1.68 bits per heavy atom. The van der Waals surface area contributed by atoms with Crippen molar-refractivity contribution in [3.05, 3.63) is 65.7 Å². The molecule has 0 bridgehead atoms. The molecular formula is C19H21F3N2O. The third-order valence-corrected chi connectivity index (χ3v) is 3.60. The second kappa shape index (κ2) is 8.55. The van der Waals surface area contributed by atoms with Crippen LogP contribution in [0.4, 0.5) is 18.9 Å². The minimum absolute atomic E-state index is 0.0959. The molecule has 0 spiro atoms. The zero-order valence-corrected chi connectivity index (χ0v) is 14.0. The maximum atomic E-state index is 13.0. The summed E-state index contributed by atoms with van der Waals surface area (Å²) in [5.74, 6) is -0.639. The van der Waals surface area contributed by atoms with Gasteiger partial charge >= 0.3 is 6.18 Å². The first kappa shape index (κ1) is 18.8. The van der Waals surface area contributed by atoms with E-state index in [0.717, 1.165) is 11.3 Å². The van der Waals surface area contributed by atoms with Crippen LogP contribution in [0.25, 0.3) is 0 Å². The van der Waals surface area contributed by atoms with Crippen LogP contribution >= 0.6 is 0 Å². The topological polar surface area (TPSA) is 32.3 Å². The fraction of sp³-hybridized carbons (Fsp3) is 0.316. The minimum atomic E-state index is -4.46. The van der Waals surface area contributed by atoms with Crippen molar-refractivity contribution in [2.45, 2.75) is 26.1 Å². The molecule has 0 saturated carbocycles. The second-order valence-electron chi connectivity index (χ2n) is 5.73. The van der Waals surface area contributed by atoms with Gasteiger partial charge in [0, 0.05) is 18.8 Å². The van der Waals surface area contributed by atoms with Gasteiger partial charge < -0.3 is 10.2 Å². The summed E-state index contributed by atoms with van der Waals surface area (Å²) in [4.78, 5) is 13.6. The lowest BCUT2D eigenvalue weighted by molar-refractivity contribution is -0.141. The van der Waals surface area contributed by atoms with E-state index in [4.69, 9.17) is 0 Å². The largest absolute Gasteiger partial charge is 0.406 e. The number of benzene rings is 2. The molecule has 1 amide bonds. The van der Waals surface area contributed by atoms with E-state index in [1.165, 1.54) is 0 Å². The van der Waals surface area contributed by atoms with Gasteiger partial charge in [0.1, 0.15) is 6.54 Å². The van der Waals surface area contributed by atoms with Crippen molar-refractivity contribution in [1.29, 1.82) is 0 Å². The summed E-state index contributed by atoms with van der Waals surface area (Å²) in [5, 5.41) is 3.10. The van der Waals surface area contributed by atoms with Crippen molar-refractivity contribution < 1.29 is 18.0 Å². The van der Waals surface area contributed by atoms with Crippen LogP contribution in [0, 0.1) is 0 Å². The van der Waals surface area contributed by atoms with Crippen molar-refractivity contribution in [1.82, 2.24) is 4.90 Å². The van der Waals surface area contributed by atoms with Gasteiger partial charge in [-0.3, -0.25) is 4.79 Å². The van der Waals surface area contributed by atoms with Crippen LogP contribution in [0.1, 0.15) is 29.3 Å². The predicted molar refractivity (Wildman–Crippen MR) is 92.5 cm³/mol.